The summed E-state index contributed by atoms with van der Waals surface area (Å²) in [4.78, 5) is 27.2. The molecule has 0 aromatic heterocycles. The summed E-state index contributed by atoms with van der Waals surface area (Å²) >= 11 is 3.59. The zero-order chi connectivity index (χ0) is 19.0. The fourth-order valence-electron chi connectivity index (χ4n) is 3.96. The number of nitrogens with zero attached hydrogens (tertiary/aromatic N) is 1. The topological polar surface area (TPSA) is 55.8 Å². The molecule has 1 aromatic carbocycles. The monoisotopic (exact) mass is 407 g/mol. The molecular formula is C20H25NO4S2. The fourth-order valence-corrected chi connectivity index (χ4v) is 7.11. The predicted octanol–water partition coefficient (Wildman–Crippen LogP) is 4.29. The molecular weight excluding hydrogens is 382 g/mol. The van der Waals surface area contributed by atoms with Gasteiger partial charge in [0.15, 0.2) is 4.27 Å². The number of thioether (sulfide) groups is 2. The number of hydrogen-bond donors (Lipinski definition) is 0. The summed E-state index contributed by atoms with van der Waals surface area (Å²) < 4.78 is 11.3. The van der Waals surface area contributed by atoms with Crippen LogP contribution in [0.25, 0.3) is 0 Å². The third kappa shape index (κ3) is 3.61. The van der Waals surface area contributed by atoms with Gasteiger partial charge in [-0.15, -0.1) is 23.5 Å². The van der Waals surface area contributed by atoms with E-state index < -0.39 is 10.4 Å². The highest BCUT2D eigenvalue weighted by Crippen LogP contribution is 2.57. The summed E-state index contributed by atoms with van der Waals surface area (Å²) in [6.07, 6.45) is 0.923. The van der Waals surface area contributed by atoms with E-state index in [9.17, 15) is 9.59 Å². The molecule has 146 valence electrons. The third-order valence-electron chi connectivity index (χ3n) is 5.43. The number of cyclic esters (lactones) is 1. The molecule has 1 spiro atoms. The van der Waals surface area contributed by atoms with Crippen LogP contribution < -0.4 is 0 Å². The van der Waals surface area contributed by atoms with Crippen LogP contribution >= 0.6 is 23.5 Å². The van der Waals surface area contributed by atoms with Gasteiger partial charge in [-0.25, -0.2) is 9.69 Å². The molecule has 2 amide bonds. The van der Waals surface area contributed by atoms with E-state index in [1.807, 2.05) is 44.2 Å². The molecule has 0 N–H and O–H groups in total. The van der Waals surface area contributed by atoms with Crippen LogP contribution in [0.15, 0.2) is 30.3 Å². The Balaban J connectivity index is 1.65. The van der Waals surface area contributed by atoms with E-state index in [2.05, 4.69) is 0 Å². The molecule has 4 rings (SSSR count). The Morgan fingerprint density at radius 1 is 1.22 bits per heavy atom. The van der Waals surface area contributed by atoms with Crippen LogP contribution in [-0.4, -0.2) is 45.3 Å². The summed E-state index contributed by atoms with van der Waals surface area (Å²) in [5.74, 6) is 1.70. The van der Waals surface area contributed by atoms with E-state index in [1.54, 1.807) is 23.5 Å². The van der Waals surface area contributed by atoms with Gasteiger partial charge in [0.05, 0.1) is 18.1 Å². The maximum atomic E-state index is 13.5. The first kappa shape index (κ1) is 19.2. The SMILES string of the molecule is CC(C)[C@H]1COC(=O)N1C(=O)[C@H]1CC2(O[C@@H]1c1ccccc1)SCCCS2. The van der Waals surface area contributed by atoms with Crippen molar-refractivity contribution in [2.75, 3.05) is 18.1 Å². The van der Waals surface area contributed by atoms with E-state index in [0.717, 1.165) is 23.5 Å². The van der Waals surface area contributed by atoms with Crippen molar-refractivity contribution in [2.24, 2.45) is 11.8 Å². The van der Waals surface area contributed by atoms with Crippen molar-refractivity contribution in [3.05, 3.63) is 35.9 Å². The molecule has 0 bridgehead atoms. The maximum Gasteiger partial charge on any atom is 0.416 e. The Morgan fingerprint density at radius 3 is 2.59 bits per heavy atom. The molecule has 3 saturated heterocycles. The predicted molar refractivity (Wildman–Crippen MR) is 107 cm³/mol. The molecule has 7 heteroatoms. The molecule has 3 aliphatic rings. The normalized spacial score (nSPS) is 30.1. The largest absolute Gasteiger partial charge is 0.447 e. The molecule has 0 aliphatic carbocycles. The van der Waals surface area contributed by atoms with Crippen LogP contribution in [-0.2, 0) is 14.3 Å². The minimum atomic E-state index is -0.518. The minimum Gasteiger partial charge on any atom is -0.447 e. The van der Waals surface area contributed by atoms with Crippen LogP contribution in [0.1, 0.15) is 38.4 Å². The van der Waals surface area contributed by atoms with Crippen LogP contribution in [0.5, 0.6) is 0 Å². The van der Waals surface area contributed by atoms with Crippen molar-refractivity contribution >= 4 is 35.5 Å². The number of carbonyl (C=O) groups excluding carboxylic acids is 2. The first-order valence-corrected chi connectivity index (χ1v) is 11.5. The van der Waals surface area contributed by atoms with Crippen molar-refractivity contribution < 1.29 is 19.1 Å². The van der Waals surface area contributed by atoms with Gasteiger partial charge in [0, 0.05) is 6.42 Å². The molecule has 1 aromatic rings. The number of rotatable bonds is 3. The average Bonchev–Trinajstić information content (AvgIpc) is 3.24. The van der Waals surface area contributed by atoms with Gasteiger partial charge in [-0.05, 0) is 29.4 Å². The van der Waals surface area contributed by atoms with Crippen LogP contribution in [0.4, 0.5) is 4.79 Å². The van der Waals surface area contributed by atoms with E-state index in [1.165, 1.54) is 4.90 Å². The van der Waals surface area contributed by atoms with Crippen LogP contribution in [0, 0.1) is 11.8 Å². The van der Waals surface area contributed by atoms with Gasteiger partial charge in [-0.3, -0.25) is 4.79 Å². The number of amides is 2. The number of ether oxygens (including phenoxy) is 2. The molecule has 5 nitrogen and oxygen atoms in total. The lowest BCUT2D eigenvalue weighted by Crippen LogP contribution is -2.45. The molecule has 27 heavy (non-hydrogen) atoms. The average molecular weight is 408 g/mol. The summed E-state index contributed by atoms with van der Waals surface area (Å²) in [7, 11) is 0. The van der Waals surface area contributed by atoms with Gasteiger partial charge >= 0.3 is 6.09 Å². The summed E-state index contributed by atoms with van der Waals surface area (Å²) in [6.45, 7) is 4.31. The Bertz CT molecular complexity index is 705. The number of hydrogen-bond acceptors (Lipinski definition) is 6. The van der Waals surface area contributed by atoms with E-state index in [0.29, 0.717) is 6.42 Å². The standard InChI is InChI=1S/C20H25NO4S2/c1-13(2)16-12-24-19(23)21(16)18(22)15-11-20(26-9-6-10-27-20)25-17(15)14-7-4-3-5-8-14/h3-5,7-8,13,15-17H,6,9-12H2,1-2H3/t15-,16+,17+/m0/s1. The lowest BCUT2D eigenvalue weighted by Gasteiger charge is -2.31. The number of benzene rings is 1. The molecule has 3 fully saturated rings. The molecule has 3 atom stereocenters. The summed E-state index contributed by atoms with van der Waals surface area (Å²) in [5.41, 5.74) is 0.994. The summed E-state index contributed by atoms with van der Waals surface area (Å²) in [6, 6.07) is 9.70. The first-order valence-electron chi connectivity index (χ1n) is 9.51. The highest BCUT2D eigenvalue weighted by Gasteiger charge is 2.54. The Kier molecular flexibility index (Phi) is 5.45. The molecule has 3 heterocycles. The maximum absolute atomic E-state index is 13.5. The Hall–Kier alpha value is -1.18. The van der Waals surface area contributed by atoms with E-state index >= 15 is 0 Å². The van der Waals surface area contributed by atoms with Gasteiger partial charge in [0.25, 0.3) is 0 Å². The molecule has 0 radical (unpaired) electrons. The fraction of sp³-hybridized carbons (Fsp3) is 0.600. The third-order valence-corrected chi connectivity index (χ3v) is 8.53. The highest BCUT2D eigenvalue weighted by atomic mass is 32.2. The van der Waals surface area contributed by atoms with E-state index in [4.69, 9.17) is 9.47 Å². The second-order valence-corrected chi connectivity index (χ2v) is 10.6. The van der Waals surface area contributed by atoms with Gasteiger partial charge in [-0.1, -0.05) is 44.2 Å². The Labute approximate surface area is 168 Å². The van der Waals surface area contributed by atoms with Crippen molar-refractivity contribution in [1.82, 2.24) is 4.90 Å². The smallest absolute Gasteiger partial charge is 0.416 e. The molecule has 3 aliphatic heterocycles. The zero-order valence-electron chi connectivity index (χ0n) is 15.6. The lowest BCUT2D eigenvalue weighted by atomic mass is 9.92. The number of carbonyl (C=O) groups is 2. The van der Waals surface area contributed by atoms with Crippen molar-refractivity contribution in [2.45, 2.75) is 43.1 Å². The Morgan fingerprint density at radius 2 is 1.93 bits per heavy atom. The van der Waals surface area contributed by atoms with Gasteiger partial charge in [0.2, 0.25) is 5.91 Å². The second-order valence-electron chi connectivity index (χ2n) is 7.59. The van der Waals surface area contributed by atoms with Crippen LogP contribution in [0.3, 0.4) is 0 Å². The highest BCUT2D eigenvalue weighted by molar-refractivity contribution is 8.18. The van der Waals surface area contributed by atoms with Crippen molar-refractivity contribution in [3.63, 3.8) is 0 Å². The van der Waals surface area contributed by atoms with Crippen molar-refractivity contribution in [1.29, 1.82) is 0 Å². The van der Waals surface area contributed by atoms with Crippen LogP contribution in [0.2, 0.25) is 0 Å². The van der Waals surface area contributed by atoms with Gasteiger partial charge < -0.3 is 9.47 Å². The summed E-state index contributed by atoms with van der Waals surface area (Å²) in [5, 5.41) is 0. The van der Waals surface area contributed by atoms with Gasteiger partial charge in [0.1, 0.15) is 6.61 Å². The quantitative estimate of drug-likeness (QED) is 0.745. The molecule has 0 unspecified atom stereocenters. The van der Waals surface area contributed by atoms with Crippen molar-refractivity contribution in [3.8, 4) is 0 Å². The lowest BCUT2D eigenvalue weighted by molar-refractivity contribution is -0.136. The van der Waals surface area contributed by atoms with E-state index in [-0.39, 0.29) is 36.5 Å². The second kappa shape index (κ2) is 7.68. The van der Waals surface area contributed by atoms with Gasteiger partial charge in [-0.2, -0.15) is 0 Å². The minimum absolute atomic E-state index is 0.158. The number of imide groups is 1. The molecule has 0 saturated carbocycles. The first-order chi connectivity index (χ1) is 13.0. The zero-order valence-corrected chi connectivity index (χ0v) is 17.3.